The molecule has 9 nitrogen and oxygen atoms in total. The van der Waals surface area contributed by atoms with Crippen LogP contribution in [0, 0.1) is 0 Å². The van der Waals surface area contributed by atoms with Gasteiger partial charge in [-0.05, 0) is 70.6 Å². The lowest BCUT2D eigenvalue weighted by Gasteiger charge is -2.40. The number of aliphatic hydroxyl groups excluding tert-OH is 5. The van der Waals surface area contributed by atoms with Gasteiger partial charge >= 0.3 is 0 Å². The second-order valence-electron chi connectivity index (χ2n) is 18.3. The Labute approximate surface area is 403 Å². The molecule has 0 aliphatic carbocycles. The number of ether oxygens (including phenoxy) is 2. The number of rotatable bonds is 44. The average Bonchev–Trinajstić information content (AvgIpc) is 3.32. The molecule has 0 spiro atoms. The first kappa shape index (κ1) is 61.4. The van der Waals surface area contributed by atoms with Crippen molar-refractivity contribution in [2.75, 3.05) is 13.2 Å². The van der Waals surface area contributed by atoms with Crippen LogP contribution < -0.4 is 5.32 Å². The number of hydrogen-bond donors (Lipinski definition) is 6. The monoisotopic (exact) mass is 926 g/mol. The lowest BCUT2D eigenvalue weighted by molar-refractivity contribution is -0.302. The van der Waals surface area contributed by atoms with Crippen LogP contribution in [-0.2, 0) is 14.3 Å². The fraction of sp³-hybridized carbons (Fsp3) is 0.737. The van der Waals surface area contributed by atoms with E-state index in [9.17, 15) is 30.3 Å². The molecule has 7 unspecified atom stereocenters. The van der Waals surface area contributed by atoms with E-state index in [-0.39, 0.29) is 12.5 Å². The third-order valence-electron chi connectivity index (χ3n) is 12.3. The molecule has 1 aliphatic rings. The molecule has 0 bridgehead atoms. The highest BCUT2D eigenvalue weighted by Gasteiger charge is 2.44. The van der Waals surface area contributed by atoms with Crippen LogP contribution in [0.4, 0.5) is 0 Å². The largest absolute Gasteiger partial charge is 0.394 e. The molecule has 0 aromatic heterocycles. The van der Waals surface area contributed by atoms with E-state index in [1.165, 1.54) is 96.3 Å². The highest BCUT2D eigenvalue weighted by Crippen LogP contribution is 2.23. The molecule has 1 amide bonds. The number of amides is 1. The molecule has 9 heteroatoms. The van der Waals surface area contributed by atoms with Gasteiger partial charge in [-0.1, -0.05) is 221 Å². The van der Waals surface area contributed by atoms with E-state index in [2.05, 4.69) is 104 Å². The molecule has 0 aromatic rings. The molecule has 1 heterocycles. The van der Waals surface area contributed by atoms with Crippen molar-refractivity contribution in [1.82, 2.24) is 5.32 Å². The van der Waals surface area contributed by atoms with Crippen LogP contribution in [-0.4, -0.2) is 87.5 Å². The Morgan fingerprint density at radius 1 is 0.530 bits per heavy atom. The van der Waals surface area contributed by atoms with Gasteiger partial charge in [0.2, 0.25) is 5.91 Å². The van der Waals surface area contributed by atoms with Gasteiger partial charge < -0.3 is 40.3 Å². The minimum Gasteiger partial charge on any atom is -0.394 e. The zero-order valence-corrected chi connectivity index (χ0v) is 41.9. The van der Waals surface area contributed by atoms with E-state index >= 15 is 0 Å². The van der Waals surface area contributed by atoms with Crippen LogP contribution >= 0.6 is 0 Å². The maximum Gasteiger partial charge on any atom is 0.220 e. The molecule has 1 rings (SSSR count). The third kappa shape index (κ3) is 35.5. The van der Waals surface area contributed by atoms with E-state index in [1.807, 2.05) is 0 Å². The number of allylic oxidation sites excluding steroid dienone is 14. The van der Waals surface area contributed by atoms with Crippen molar-refractivity contribution in [3.05, 3.63) is 85.1 Å². The van der Waals surface area contributed by atoms with E-state index in [0.29, 0.717) is 12.8 Å². The van der Waals surface area contributed by atoms with Crippen molar-refractivity contribution in [2.45, 2.75) is 256 Å². The second-order valence-corrected chi connectivity index (χ2v) is 18.3. The molecule has 1 saturated heterocycles. The molecule has 0 radical (unpaired) electrons. The fourth-order valence-electron chi connectivity index (χ4n) is 8.02. The van der Waals surface area contributed by atoms with Crippen LogP contribution in [0.1, 0.15) is 213 Å². The summed E-state index contributed by atoms with van der Waals surface area (Å²) in [5, 5.41) is 54.4. The molecular weight excluding hydrogens is 827 g/mol. The van der Waals surface area contributed by atoms with Crippen molar-refractivity contribution in [3.8, 4) is 0 Å². The van der Waals surface area contributed by atoms with Gasteiger partial charge in [0, 0.05) is 6.42 Å². The smallest absolute Gasteiger partial charge is 0.220 e. The molecule has 1 fully saturated rings. The third-order valence-corrected chi connectivity index (χ3v) is 12.3. The summed E-state index contributed by atoms with van der Waals surface area (Å²) in [4.78, 5) is 13.0. The predicted molar refractivity (Wildman–Crippen MR) is 276 cm³/mol. The van der Waals surface area contributed by atoms with Gasteiger partial charge in [0.05, 0.1) is 25.4 Å². The molecule has 0 aromatic carbocycles. The van der Waals surface area contributed by atoms with E-state index in [1.54, 1.807) is 0 Å². The van der Waals surface area contributed by atoms with Crippen molar-refractivity contribution in [1.29, 1.82) is 0 Å². The summed E-state index contributed by atoms with van der Waals surface area (Å²) in [6.45, 7) is 3.69. The van der Waals surface area contributed by atoms with Gasteiger partial charge in [-0.25, -0.2) is 0 Å². The zero-order valence-electron chi connectivity index (χ0n) is 41.9. The highest BCUT2D eigenvalue weighted by atomic mass is 16.7. The van der Waals surface area contributed by atoms with Gasteiger partial charge in [-0.15, -0.1) is 0 Å². The van der Waals surface area contributed by atoms with Gasteiger partial charge in [0.1, 0.15) is 24.4 Å². The van der Waals surface area contributed by atoms with E-state index in [0.717, 1.165) is 89.9 Å². The van der Waals surface area contributed by atoms with Crippen LogP contribution in [0.5, 0.6) is 0 Å². The Morgan fingerprint density at radius 2 is 0.939 bits per heavy atom. The topological polar surface area (TPSA) is 149 Å². The maximum atomic E-state index is 13.0. The number of nitrogens with one attached hydrogen (secondary N) is 1. The van der Waals surface area contributed by atoms with E-state index < -0.39 is 49.5 Å². The molecular formula is C57H99NO8. The summed E-state index contributed by atoms with van der Waals surface area (Å²) in [5.41, 5.74) is 0. The minimum absolute atomic E-state index is 0.143. The number of hydrogen-bond acceptors (Lipinski definition) is 8. The van der Waals surface area contributed by atoms with Crippen molar-refractivity contribution < 1.29 is 39.8 Å². The Hall–Kier alpha value is -2.63. The number of aliphatic hydroxyl groups is 5. The Balaban J connectivity index is 2.14. The van der Waals surface area contributed by atoms with E-state index in [4.69, 9.17) is 9.47 Å². The standard InChI is InChI=1S/C57H99NO8/c1-3-5-7-9-11-13-15-16-17-18-19-20-21-22-23-24-25-26-27-28-29-30-31-32-33-34-35-36-37-39-41-43-45-47-53(61)58-50(49-65-57-56(64)55(63)54(62)52(48-59)66-57)51(60)46-44-42-40-38-14-12-10-8-6-4-2/h5,7,11,13,16-17,19-20,22-23,25-26,28-29,50-52,54-57,59-60,62-64H,3-4,6,8-10,12,14-15,18,21,24,27,30-49H2,1-2H3,(H,58,61)/b7-5-,13-11-,17-16-,20-19-,23-22-,26-25-,29-28-. The Bertz CT molecular complexity index is 1300. The highest BCUT2D eigenvalue weighted by molar-refractivity contribution is 5.76. The first-order chi connectivity index (χ1) is 32.3. The molecule has 66 heavy (non-hydrogen) atoms. The van der Waals surface area contributed by atoms with Gasteiger partial charge in [-0.2, -0.15) is 0 Å². The SMILES string of the molecule is CC/C=C\C/C=C\C/C=C\C/C=C\C/C=C\C/C=C\C/C=C\CCCCCCCCCCCCCC(=O)NC(COC1OC(CO)C(O)C(O)C1O)C(O)CCCCCCCCCCCC. The molecule has 0 saturated carbocycles. The average molecular weight is 926 g/mol. The summed E-state index contributed by atoms with van der Waals surface area (Å²) >= 11 is 0. The predicted octanol–water partition coefficient (Wildman–Crippen LogP) is 12.7. The quantitative estimate of drug-likeness (QED) is 0.0261. The first-order valence-electron chi connectivity index (χ1n) is 26.8. The fourth-order valence-corrected chi connectivity index (χ4v) is 8.02. The maximum absolute atomic E-state index is 13.0. The van der Waals surface area contributed by atoms with Crippen LogP contribution in [0.15, 0.2) is 85.1 Å². The summed E-state index contributed by atoms with van der Waals surface area (Å²) in [5.74, 6) is -0.153. The molecule has 1 aliphatic heterocycles. The van der Waals surface area contributed by atoms with Gasteiger partial charge in [0.15, 0.2) is 6.29 Å². The van der Waals surface area contributed by atoms with Crippen LogP contribution in [0.2, 0.25) is 0 Å². The lowest BCUT2D eigenvalue weighted by atomic mass is 9.99. The number of carbonyl (C=O) groups is 1. The second kappa shape index (κ2) is 46.1. The van der Waals surface area contributed by atoms with Crippen LogP contribution in [0.25, 0.3) is 0 Å². The Kier molecular flexibility index (Phi) is 42.9. The van der Waals surface area contributed by atoms with Crippen molar-refractivity contribution >= 4 is 5.91 Å². The molecule has 7 atom stereocenters. The van der Waals surface area contributed by atoms with Gasteiger partial charge in [-0.3, -0.25) is 4.79 Å². The minimum atomic E-state index is -1.56. The zero-order chi connectivity index (χ0) is 48.0. The van der Waals surface area contributed by atoms with Crippen molar-refractivity contribution in [3.63, 3.8) is 0 Å². The summed E-state index contributed by atoms with van der Waals surface area (Å²) in [7, 11) is 0. The molecule has 6 N–H and O–H groups in total. The summed E-state index contributed by atoms with van der Waals surface area (Å²) in [6.07, 6.45) is 57.6. The first-order valence-corrected chi connectivity index (χ1v) is 26.8. The molecule has 380 valence electrons. The van der Waals surface area contributed by atoms with Gasteiger partial charge in [0.25, 0.3) is 0 Å². The van der Waals surface area contributed by atoms with Crippen LogP contribution in [0.3, 0.4) is 0 Å². The van der Waals surface area contributed by atoms with Crippen molar-refractivity contribution in [2.24, 2.45) is 0 Å². The number of carbonyl (C=O) groups excluding carboxylic acids is 1. The summed E-state index contributed by atoms with van der Waals surface area (Å²) < 4.78 is 11.3. The lowest BCUT2D eigenvalue weighted by Crippen LogP contribution is -2.60. The normalized spacial score (nSPS) is 20.5. The Morgan fingerprint density at radius 3 is 1.39 bits per heavy atom. The number of unbranched alkanes of at least 4 members (excludes halogenated alkanes) is 20. The summed E-state index contributed by atoms with van der Waals surface area (Å²) in [6, 6.07) is -0.723.